The highest BCUT2D eigenvalue weighted by atomic mass is 32.2. The zero-order valence-electron chi connectivity index (χ0n) is 10.1. The highest BCUT2D eigenvalue weighted by Gasteiger charge is 2.27. The molecular weight excluding hydrogens is 244 g/mol. The lowest BCUT2D eigenvalue weighted by Crippen LogP contribution is -2.22. The summed E-state index contributed by atoms with van der Waals surface area (Å²) in [5.41, 5.74) is 1.21. The molecule has 0 radical (unpaired) electrons. The molecule has 2 heterocycles. The minimum absolute atomic E-state index is 0.424. The lowest BCUT2D eigenvalue weighted by molar-refractivity contribution is 0.547. The van der Waals surface area contributed by atoms with Crippen LogP contribution in [0.25, 0.3) is 4.91 Å². The zero-order chi connectivity index (χ0) is 12.4. The number of hydrogen-bond donors (Lipinski definition) is 0. The van der Waals surface area contributed by atoms with Crippen molar-refractivity contribution in [2.24, 2.45) is 0 Å². The molecule has 0 aliphatic carbocycles. The molecule has 4 heteroatoms. The van der Waals surface area contributed by atoms with Gasteiger partial charge in [-0.15, -0.1) is 0 Å². The number of hydrogen-bond acceptors (Lipinski definition) is 4. The third-order valence-corrected chi connectivity index (χ3v) is 4.30. The van der Waals surface area contributed by atoms with Crippen molar-refractivity contribution in [3.05, 3.63) is 54.9 Å². The monoisotopic (exact) mass is 258 g/mol. The van der Waals surface area contributed by atoms with Gasteiger partial charge in [0.25, 0.3) is 0 Å². The van der Waals surface area contributed by atoms with E-state index in [0.29, 0.717) is 5.37 Å². The van der Waals surface area contributed by atoms with Crippen LogP contribution >= 0.6 is 11.8 Å². The van der Waals surface area contributed by atoms with Crippen molar-refractivity contribution in [1.29, 1.82) is 0 Å². The maximum absolute atomic E-state index is 5.37. The number of anilines is 1. The Bertz CT molecular complexity index is 536. The number of aromatic nitrogens is 1. The fourth-order valence-corrected chi connectivity index (χ4v) is 3.17. The third kappa shape index (κ3) is 2.04. The Labute approximate surface area is 111 Å². The molecule has 1 atom stereocenters. The highest BCUT2D eigenvalue weighted by molar-refractivity contribution is 8.09. The molecule has 1 aliphatic heterocycles. The lowest BCUT2D eigenvalue weighted by Gasteiger charge is -2.23. The van der Waals surface area contributed by atoms with E-state index in [1.54, 1.807) is 6.20 Å². The van der Waals surface area contributed by atoms with E-state index in [4.69, 9.17) is 4.42 Å². The van der Waals surface area contributed by atoms with Crippen molar-refractivity contribution in [1.82, 2.24) is 4.98 Å². The van der Waals surface area contributed by atoms with Gasteiger partial charge in [-0.2, -0.15) is 0 Å². The standard InChI is InChI=1S/C14H14N2OS/c1-2-14-16(11-6-4-3-5-7-11)9-13(18-14)12-8-15-10-17-12/h3-10,14H,2H2,1H3. The second kappa shape index (κ2) is 4.90. The number of benzene rings is 1. The first-order valence-corrected chi connectivity index (χ1v) is 6.87. The van der Waals surface area contributed by atoms with Crippen LogP contribution < -0.4 is 4.90 Å². The van der Waals surface area contributed by atoms with Crippen LogP contribution in [0.4, 0.5) is 5.69 Å². The molecule has 0 spiro atoms. The predicted molar refractivity (Wildman–Crippen MR) is 75.1 cm³/mol. The smallest absolute Gasteiger partial charge is 0.181 e. The summed E-state index contributed by atoms with van der Waals surface area (Å²) < 4.78 is 5.37. The number of oxazole rings is 1. The van der Waals surface area contributed by atoms with Crippen molar-refractivity contribution < 1.29 is 4.42 Å². The van der Waals surface area contributed by atoms with Gasteiger partial charge in [-0.1, -0.05) is 36.9 Å². The van der Waals surface area contributed by atoms with Crippen LogP contribution in [0.1, 0.15) is 19.1 Å². The number of thioether (sulfide) groups is 1. The number of rotatable bonds is 3. The summed E-state index contributed by atoms with van der Waals surface area (Å²) in [4.78, 5) is 7.41. The van der Waals surface area contributed by atoms with Gasteiger partial charge in [-0.05, 0) is 18.6 Å². The Hall–Kier alpha value is -1.68. The zero-order valence-corrected chi connectivity index (χ0v) is 10.9. The van der Waals surface area contributed by atoms with E-state index in [1.165, 1.54) is 12.1 Å². The molecule has 92 valence electrons. The van der Waals surface area contributed by atoms with Gasteiger partial charge in [0, 0.05) is 11.9 Å². The van der Waals surface area contributed by atoms with Gasteiger partial charge >= 0.3 is 0 Å². The van der Waals surface area contributed by atoms with Crippen molar-refractivity contribution in [2.75, 3.05) is 4.90 Å². The molecule has 0 bridgehead atoms. The average Bonchev–Trinajstić information content (AvgIpc) is 3.08. The molecule has 1 aromatic carbocycles. The Morgan fingerprint density at radius 3 is 2.83 bits per heavy atom. The third-order valence-electron chi connectivity index (χ3n) is 2.91. The molecule has 0 N–H and O–H groups in total. The van der Waals surface area contributed by atoms with Crippen LogP contribution in [-0.4, -0.2) is 10.4 Å². The number of nitrogens with zero attached hydrogens (tertiary/aromatic N) is 2. The summed E-state index contributed by atoms with van der Waals surface area (Å²) in [6.07, 6.45) is 6.46. The highest BCUT2D eigenvalue weighted by Crippen LogP contribution is 2.42. The summed E-state index contributed by atoms with van der Waals surface area (Å²) in [5.74, 6) is 0.844. The van der Waals surface area contributed by atoms with Crippen molar-refractivity contribution in [3.63, 3.8) is 0 Å². The van der Waals surface area contributed by atoms with E-state index < -0.39 is 0 Å². The van der Waals surface area contributed by atoms with Crippen LogP contribution in [0.2, 0.25) is 0 Å². The summed E-state index contributed by atoms with van der Waals surface area (Å²) >= 11 is 1.82. The molecule has 0 fully saturated rings. The van der Waals surface area contributed by atoms with Crippen LogP contribution in [-0.2, 0) is 0 Å². The van der Waals surface area contributed by atoms with Gasteiger partial charge in [0.15, 0.2) is 12.2 Å². The minimum atomic E-state index is 0.424. The molecule has 3 nitrogen and oxygen atoms in total. The first-order chi connectivity index (χ1) is 8.88. The largest absolute Gasteiger partial charge is 0.443 e. The van der Waals surface area contributed by atoms with E-state index in [-0.39, 0.29) is 0 Å². The Balaban J connectivity index is 1.93. The first-order valence-electron chi connectivity index (χ1n) is 5.99. The Morgan fingerprint density at radius 1 is 1.33 bits per heavy atom. The Morgan fingerprint density at radius 2 is 2.17 bits per heavy atom. The summed E-state index contributed by atoms with van der Waals surface area (Å²) in [6.45, 7) is 2.20. The fourth-order valence-electron chi connectivity index (χ4n) is 2.02. The van der Waals surface area contributed by atoms with Crippen molar-refractivity contribution in [2.45, 2.75) is 18.7 Å². The van der Waals surface area contributed by atoms with Gasteiger partial charge in [-0.3, -0.25) is 0 Å². The van der Waals surface area contributed by atoms with Gasteiger partial charge in [-0.25, -0.2) is 4.98 Å². The van der Waals surface area contributed by atoms with E-state index in [0.717, 1.165) is 17.1 Å². The second-order valence-corrected chi connectivity index (χ2v) is 5.30. The minimum Gasteiger partial charge on any atom is -0.443 e. The van der Waals surface area contributed by atoms with Gasteiger partial charge in [0.05, 0.1) is 16.5 Å². The molecule has 0 amide bonds. The predicted octanol–water partition coefficient (Wildman–Crippen LogP) is 3.96. The van der Waals surface area contributed by atoms with Crippen LogP contribution in [0, 0.1) is 0 Å². The summed E-state index contributed by atoms with van der Waals surface area (Å²) in [7, 11) is 0. The van der Waals surface area contributed by atoms with E-state index in [9.17, 15) is 0 Å². The van der Waals surface area contributed by atoms with Crippen LogP contribution in [0.15, 0.2) is 53.5 Å². The van der Waals surface area contributed by atoms with Crippen molar-refractivity contribution >= 4 is 22.4 Å². The summed E-state index contributed by atoms with van der Waals surface area (Å²) in [5, 5.41) is 0.424. The molecule has 18 heavy (non-hydrogen) atoms. The first kappa shape index (κ1) is 11.4. The quantitative estimate of drug-likeness (QED) is 0.833. The van der Waals surface area contributed by atoms with Crippen LogP contribution in [0.5, 0.6) is 0 Å². The molecule has 0 saturated carbocycles. The normalized spacial score (nSPS) is 19.1. The maximum Gasteiger partial charge on any atom is 0.181 e. The molecule has 3 rings (SSSR count). The fraction of sp³-hybridized carbons (Fsp3) is 0.214. The van der Waals surface area contributed by atoms with Gasteiger partial charge < -0.3 is 9.32 Å². The number of para-hydroxylation sites is 1. The molecule has 0 saturated heterocycles. The molecule has 1 unspecified atom stereocenters. The topological polar surface area (TPSA) is 29.3 Å². The average molecular weight is 258 g/mol. The second-order valence-electron chi connectivity index (χ2n) is 4.08. The van der Waals surface area contributed by atoms with Gasteiger partial charge in [0.1, 0.15) is 0 Å². The molecule has 1 aromatic heterocycles. The SMILES string of the molecule is CCC1SC(c2cnco2)=CN1c1ccccc1. The van der Waals surface area contributed by atoms with E-state index >= 15 is 0 Å². The van der Waals surface area contributed by atoms with Crippen LogP contribution in [0.3, 0.4) is 0 Å². The Kier molecular flexibility index (Phi) is 3.11. The molecule has 2 aromatic rings. The maximum atomic E-state index is 5.37. The van der Waals surface area contributed by atoms with Gasteiger partial charge in [0.2, 0.25) is 0 Å². The molecular formula is C14H14N2OS. The van der Waals surface area contributed by atoms with E-state index in [2.05, 4.69) is 47.3 Å². The summed E-state index contributed by atoms with van der Waals surface area (Å²) in [6, 6.07) is 10.4. The van der Waals surface area contributed by atoms with Crippen molar-refractivity contribution in [3.8, 4) is 0 Å². The van der Waals surface area contributed by atoms with E-state index in [1.807, 2.05) is 17.8 Å². The lowest BCUT2D eigenvalue weighted by atomic mass is 10.3. The molecule has 1 aliphatic rings.